The summed E-state index contributed by atoms with van der Waals surface area (Å²) >= 11 is 0. The number of ether oxygens (including phenoxy) is 2. The van der Waals surface area contributed by atoms with Gasteiger partial charge in [0.1, 0.15) is 0 Å². The Bertz CT molecular complexity index is 1450. The van der Waals surface area contributed by atoms with E-state index in [1.165, 1.54) is 0 Å². The summed E-state index contributed by atoms with van der Waals surface area (Å²) < 4.78 is 44.9. The zero-order valence-electron chi connectivity index (χ0n) is 18.5. The van der Waals surface area contributed by atoms with Gasteiger partial charge < -0.3 is 19.2 Å². The molecule has 0 bridgehead atoms. The Morgan fingerprint density at radius 3 is 2.50 bits per heavy atom. The molecule has 1 aliphatic heterocycles. The fourth-order valence-corrected chi connectivity index (χ4v) is 5.01. The highest BCUT2D eigenvalue weighted by Gasteiger charge is 2.19. The van der Waals surface area contributed by atoms with Crippen molar-refractivity contribution in [3.63, 3.8) is 0 Å². The average molecular weight is 479 g/mol. The maximum Gasteiger partial charge on any atom is 0.320 e. The summed E-state index contributed by atoms with van der Waals surface area (Å²) in [5, 5.41) is 11.1. The fourth-order valence-electron chi connectivity index (χ4n) is 3.81. The van der Waals surface area contributed by atoms with Crippen molar-refractivity contribution < 1.29 is 22.3 Å². The molecule has 4 aromatic rings. The van der Waals surface area contributed by atoms with E-state index >= 15 is 0 Å². The standard InChI is InChI=1S/C24H22N4O5S/c1-15-9-16(2)11-17(10-15)13-34(29,30)28-20-6-4-3-5-19(20)23-26-27-24(33-23)25-18-7-8-21-22(12-18)32-14-31-21/h3-12,28H,13-14H2,1-2H3,(H,25,27). The minimum absolute atomic E-state index is 0.148. The van der Waals surface area contributed by atoms with Crippen molar-refractivity contribution in [2.75, 3.05) is 16.8 Å². The molecule has 0 atom stereocenters. The molecule has 0 aliphatic carbocycles. The van der Waals surface area contributed by atoms with E-state index in [4.69, 9.17) is 13.9 Å². The van der Waals surface area contributed by atoms with E-state index in [-0.39, 0.29) is 24.5 Å². The molecule has 0 unspecified atom stereocenters. The zero-order valence-corrected chi connectivity index (χ0v) is 19.3. The van der Waals surface area contributed by atoms with E-state index in [1.54, 1.807) is 42.5 Å². The lowest BCUT2D eigenvalue weighted by Crippen LogP contribution is -2.16. The molecule has 0 radical (unpaired) electrons. The Morgan fingerprint density at radius 1 is 0.912 bits per heavy atom. The molecule has 9 nitrogen and oxygen atoms in total. The lowest BCUT2D eigenvalue weighted by molar-refractivity contribution is 0.174. The summed E-state index contributed by atoms with van der Waals surface area (Å²) in [6.45, 7) is 4.06. The highest BCUT2D eigenvalue weighted by atomic mass is 32.2. The largest absolute Gasteiger partial charge is 0.454 e. The molecule has 0 amide bonds. The number of fused-ring (bicyclic) bond motifs is 1. The maximum absolute atomic E-state index is 12.9. The van der Waals surface area contributed by atoms with Gasteiger partial charge in [-0.3, -0.25) is 4.72 Å². The molecule has 2 N–H and O–H groups in total. The first-order valence-electron chi connectivity index (χ1n) is 10.5. The normalized spacial score (nSPS) is 12.5. The first-order valence-corrected chi connectivity index (χ1v) is 12.2. The van der Waals surface area contributed by atoms with Gasteiger partial charge in [0.05, 0.1) is 17.0 Å². The third kappa shape index (κ3) is 4.81. The van der Waals surface area contributed by atoms with Gasteiger partial charge >= 0.3 is 6.01 Å². The molecule has 0 fully saturated rings. The highest BCUT2D eigenvalue weighted by molar-refractivity contribution is 7.91. The third-order valence-electron chi connectivity index (χ3n) is 5.11. The van der Waals surface area contributed by atoms with Crippen LogP contribution in [0.5, 0.6) is 11.5 Å². The molecule has 2 heterocycles. The molecule has 0 saturated carbocycles. The van der Waals surface area contributed by atoms with Gasteiger partial charge in [0.15, 0.2) is 11.5 Å². The van der Waals surface area contributed by atoms with Crippen molar-refractivity contribution in [1.29, 1.82) is 0 Å². The lowest BCUT2D eigenvalue weighted by atomic mass is 10.1. The van der Waals surface area contributed by atoms with Crippen LogP contribution in [0.15, 0.2) is 65.1 Å². The Labute approximate surface area is 196 Å². The van der Waals surface area contributed by atoms with Crippen LogP contribution in [0.1, 0.15) is 16.7 Å². The van der Waals surface area contributed by atoms with Crippen LogP contribution in [0.25, 0.3) is 11.5 Å². The molecule has 5 rings (SSSR count). The van der Waals surface area contributed by atoms with Crippen molar-refractivity contribution in [3.8, 4) is 23.0 Å². The zero-order chi connectivity index (χ0) is 23.7. The molecular weight excluding hydrogens is 456 g/mol. The molecule has 1 aliphatic rings. The number of nitrogens with one attached hydrogen (secondary N) is 2. The number of benzene rings is 3. The van der Waals surface area contributed by atoms with Gasteiger partial charge in [0, 0.05) is 11.8 Å². The number of hydrogen-bond donors (Lipinski definition) is 2. The van der Waals surface area contributed by atoms with Gasteiger partial charge in [-0.2, -0.15) is 0 Å². The van der Waals surface area contributed by atoms with Crippen LogP contribution in [-0.2, 0) is 15.8 Å². The van der Waals surface area contributed by atoms with E-state index in [9.17, 15) is 8.42 Å². The quantitative estimate of drug-likeness (QED) is 0.390. The lowest BCUT2D eigenvalue weighted by Gasteiger charge is -2.11. The Morgan fingerprint density at radius 2 is 1.68 bits per heavy atom. The molecule has 3 aromatic carbocycles. The number of rotatable bonds is 7. The monoisotopic (exact) mass is 478 g/mol. The number of nitrogens with zero attached hydrogens (tertiary/aromatic N) is 2. The Hall–Kier alpha value is -4.05. The van der Waals surface area contributed by atoms with Crippen LogP contribution in [0, 0.1) is 13.8 Å². The van der Waals surface area contributed by atoms with Crippen LogP contribution in [0.4, 0.5) is 17.4 Å². The van der Waals surface area contributed by atoms with Crippen molar-refractivity contribution in [1.82, 2.24) is 10.2 Å². The summed E-state index contributed by atoms with van der Waals surface area (Å²) in [5.41, 5.74) is 4.25. The second-order valence-corrected chi connectivity index (χ2v) is 9.73. The van der Waals surface area contributed by atoms with E-state index < -0.39 is 10.0 Å². The summed E-state index contributed by atoms with van der Waals surface area (Å²) in [7, 11) is -3.68. The van der Waals surface area contributed by atoms with Crippen molar-refractivity contribution in [2.45, 2.75) is 19.6 Å². The molecule has 0 spiro atoms. The molecule has 174 valence electrons. The average Bonchev–Trinajstić information content (AvgIpc) is 3.42. The SMILES string of the molecule is Cc1cc(C)cc(CS(=O)(=O)Nc2ccccc2-c2nnc(Nc3ccc4c(c3)OCO4)o2)c1. The van der Waals surface area contributed by atoms with Crippen LogP contribution in [0.3, 0.4) is 0 Å². The van der Waals surface area contributed by atoms with Crippen LogP contribution in [-0.4, -0.2) is 25.4 Å². The number of sulfonamides is 1. The number of aromatic nitrogens is 2. The number of hydrogen-bond acceptors (Lipinski definition) is 8. The smallest absolute Gasteiger partial charge is 0.320 e. The minimum Gasteiger partial charge on any atom is -0.454 e. The predicted octanol–water partition coefficient (Wildman–Crippen LogP) is 4.77. The van der Waals surface area contributed by atoms with E-state index in [1.807, 2.05) is 32.0 Å². The summed E-state index contributed by atoms with van der Waals surface area (Å²) in [6.07, 6.45) is 0. The minimum atomic E-state index is -3.68. The van der Waals surface area contributed by atoms with E-state index in [0.717, 1.165) is 16.7 Å². The van der Waals surface area contributed by atoms with Gasteiger partial charge in [0.25, 0.3) is 5.89 Å². The Balaban J connectivity index is 1.35. The molecule has 34 heavy (non-hydrogen) atoms. The second kappa shape index (κ2) is 8.71. The van der Waals surface area contributed by atoms with Crippen LogP contribution in [0.2, 0.25) is 0 Å². The molecule has 0 saturated heterocycles. The van der Waals surface area contributed by atoms with E-state index in [2.05, 4.69) is 20.2 Å². The third-order valence-corrected chi connectivity index (χ3v) is 6.35. The Kier molecular flexibility index (Phi) is 5.58. The summed E-state index contributed by atoms with van der Waals surface area (Å²) in [5.74, 6) is 1.31. The van der Waals surface area contributed by atoms with Crippen molar-refractivity contribution in [2.24, 2.45) is 0 Å². The van der Waals surface area contributed by atoms with Crippen molar-refractivity contribution in [3.05, 3.63) is 77.4 Å². The number of para-hydroxylation sites is 1. The first kappa shape index (κ1) is 21.8. The number of anilines is 3. The van der Waals surface area contributed by atoms with Crippen LogP contribution >= 0.6 is 0 Å². The van der Waals surface area contributed by atoms with Crippen LogP contribution < -0.4 is 19.5 Å². The molecule has 1 aromatic heterocycles. The molecule has 10 heteroatoms. The van der Waals surface area contributed by atoms with Gasteiger partial charge in [-0.1, -0.05) is 46.6 Å². The van der Waals surface area contributed by atoms with Gasteiger partial charge in [-0.15, -0.1) is 5.10 Å². The predicted molar refractivity (Wildman–Crippen MR) is 128 cm³/mol. The highest BCUT2D eigenvalue weighted by Crippen LogP contribution is 2.35. The van der Waals surface area contributed by atoms with Gasteiger partial charge in [-0.25, -0.2) is 8.42 Å². The van der Waals surface area contributed by atoms with Gasteiger partial charge in [0.2, 0.25) is 16.8 Å². The second-order valence-electron chi connectivity index (χ2n) is 8.01. The van der Waals surface area contributed by atoms with E-state index in [0.29, 0.717) is 28.4 Å². The van der Waals surface area contributed by atoms with Crippen molar-refractivity contribution >= 4 is 27.4 Å². The summed E-state index contributed by atoms with van der Waals surface area (Å²) in [6, 6.07) is 18.1. The number of aryl methyl sites for hydroxylation is 2. The maximum atomic E-state index is 12.9. The summed E-state index contributed by atoms with van der Waals surface area (Å²) in [4.78, 5) is 0. The first-order chi connectivity index (χ1) is 16.3. The molecular formula is C24H22N4O5S. The van der Waals surface area contributed by atoms with Gasteiger partial charge in [-0.05, 0) is 43.7 Å². The fraction of sp³-hybridized carbons (Fsp3) is 0.167. The topological polar surface area (TPSA) is 116 Å².